The summed E-state index contributed by atoms with van der Waals surface area (Å²) in [5.41, 5.74) is 6.68. The van der Waals surface area contributed by atoms with Gasteiger partial charge in [0.2, 0.25) is 0 Å². The molecule has 1 aromatic carbocycles. The largest absolute Gasteiger partial charge is 0.482 e. The lowest BCUT2D eigenvalue weighted by Gasteiger charge is -2.14. The minimum Gasteiger partial charge on any atom is -0.482 e. The van der Waals surface area contributed by atoms with E-state index in [1.165, 1.54) is 0 Å². The molecular formula is C13H19NO3. The molecule has 0 unspecified atom stereocenters. The Balaban J connectivity index is 2.60. The van der Waals surface area contributed by atoms with Crippen molar-refractivity contribution in [1.29, 1.82) is 0 Å². The summed E-state index contributed by atoms with van der Waals surface area (Å²) < 4.78 is 10.4. The molecule has 0 aliphatic rings. The Labute approximate surface area is 102 Å². The van der Waals surface area contributed by atoms with Gasteiger partial charge in [0.1, 0.15) is 5.75 Å². The van der Waals surface area contributed by atoms with E-state index in [2.05, 4.69) is 0 Å². The van der Waals surface area contributed by atoms with Crippen molar-refractivity contribution in [3.8, 4) is 5.75 Å². The highest BCUT2D eigenvalue weighted by atomic mass is 16.6. The minimum atomic E-state index is -0.375. The van der Waals surface area contributed by atoms with Gasteiger partial charge in [0.05, 0.1) is 6.10 Å². The van der Waals surface area contributed by atoms with Crippen LogP contribution in [0.25, 0.3) is 0 Å². The van der Waals surface area contributed by atoms with E-state index < -0.39 is 0 Å². The Kier molecular flexibility index (Phi) is 4.97. The summed E-state index contributed by atoms with van der Waals surface area (Å²) in [5, 5.41) is 0. The van der Waals surface area contributed by atoms with Crippen molar-refractivity contribution >= 4 is 5.97 Å². The van der Waals surface area contributed by atoms with E-state index in [-0.39, 0.29) is 24.7 Å². The molecule has 0 aromatic heterocycles. The van der Waals surface area contributed by atoms with Gasteiger partial charge in [-0.05, 0) is 26.8 Å². The van der Waals surface area contributed by atoms with Crippen LogP contribution in [0.15, 0.2) is 24.3 Å². The van der Waals surface area contributed by atoms with Gasteiger partial charge in [-0.3, -0.25) is 0 Å². The predicted octanol–water partition coefficient (Wildman–Crippen LogP) is 2.04. The zero-order chi connectivity index (χ0) is 12.8. The molecule has 4 heteroatoms. The molecule has 0 radical (unpaired) electrons. The first-order chi connectivity index (χ1) is 8.00. The zero-order valence-corrected chi connectivity index (χ0v) is 10.5. The van der Waals surface area contributed by atoms with Gasteiger partial charge in [-0.25, -0.2) is 4.79 Å². The third-order valence-electron chi connectivity index (χ3n) is 2.12. The molecule has 1 aromatic rings. The summed E-state index contributed by atoms with van der Waals surface area (Å²) in [5.74, 6) is 0.252. The highest BCUT2D eigenvalue weighted by Crippen LogP contribution is 2.23. The lowest BCUT2D eigenvalue weighted by atomic mass is 10.1. The summed E-state index contributed by atoms with van der Waals surface area (Å²) in [6.07, 6.45) is -0.130. The first-order valence-corrected chi connectivity index (χ1v) is 5.67. The number of esters is 1. The number of hydrogen-bond donors (Lipinski definition) is 1. The number of ether oxygens (including phenoxy) is 2. The van der Waals surface area contributed by atoms with Crippen molar-refractivity contribution in [2.45, 2.75) is 32.9 Å². The Morgan fingerprint density at radius 2 is 1.94 bits per heavy atom. The molecule has 17 heavy (non-hydrogen) atoms. The van der Waals surface area contributed by atoms with Crippen LogP contribution < -0.4 is 10.5 Å². The van der Waals surface area contributed by atoms with Gasteiger partial charge in [-0.2, -0.15) is 0 Å². The molecule has 1 atom stereocenters. The standard InChI is InChI=1S/C13H19NO3/c1-9(2)17-13(15)8-16-12-7-5-4-6-11(12)10(3)14/h4-7,9-10H,8,14H2,1-3H3/t10-/m1/s1. The fourth-order valence-corrected chi connectivity index (χ4v) is 1.42. The number of para-hydroxylation sites is 1. The molecule has 4 nitrogen and oxygen atoms in total. The third kappa shape index (κ3) is 4.44. The van der Waals surface area contributed by atoms with Crippen LogP contribution in [0, 0.1) is 0 Å². The smallest absolute Gasteiger partial charge is 0.344 e. The number of carbonyl (C=O) groups is 1. The van der Waals surface area contributed by atoms with E-state index in [9.17, 15) is 4.79 Å². The molecule has 94 valence electrons. The van der Waals surface area contributed by atoms with Crippen molar-refractivity contribution < 1.29 is 14.3 Å². The maximum Gasteiger partial charge on any atom is 0.344 e. The van der Waals surface area contributed by atoms with Crippen LogP contribution in [0.2, 0.25) is 0 Å². The van der Waals surface area contributed by atoms with Gasteiger partial charge in [0.25, 0.3) is 0 Å². The number of nitrogens with two attached hydrogens (primary N) is 1. The molecular weight excluding hydrogens is 218 g/mol. The molecule has 0 amide bonds. The summed E-state index contributed by atoms with van der Waals surface area (Å²) in [4.78, 5) is 11.3. The van der Waals surface area contributed by atoms with Crippen LogP contribution in [0.3, 0.4) is 0 Å². The average molecular weight is 237 g/mol. The lowest BCUT2D eigenvalue weighted by molar-refractivity contribution is -0.149. The average Bonchev–Trinajstić information content (AvgIpc) is 2.25. The van der Waals surface area contributed by atoms with Crippen LogP contribution in [0.5, 0.6) is 5.75 Å². The Morgan fingerprint density at radius 3 is 2.53 bits per heavy atom. The Hall–Kier alpha value is -1.55. The molecule has 0 saturated heterocycles. The van der Waals surface area contributed by atoms with E-state index in [0.717, 1.165) is 5.56 Å². The lowest BCUT2D eigenvalue weighted by Crippen LogP contribution is -2.19. The molecule has 0 bridgehead atoms. The second-order valence-corrected chi connectivity index (χ2v) is 4.15. The molecule has 0 aliphatic carbocycles. The monoisotopic (exact) mass is 237 g/mol. The second-order valence-electron chi connectivity index (χ2n) is 4.15. The van der Waals surface area contributed by atoms with Gasteiger partial charge in [-0.1, -0.05) is 18.2 Å². The van der Waals surface area contributed by atoms with E-state index in [1.54, 1.807) is 19.9 Å². The van der Waals surface area contributed by atoms with Gasteiger partial charge in [-0.15, -0.1) is 0 Å². The maximum absolute atomic E-state index is 11.3. The molecule has 0 fully saturated rings. The number of rotatable bonds is 5. The van der Waals surface area contributed by atoms with Crippen molar-refractivity contribution in [2.24, 2.45) is 5.73 Å². The van der Waals surface area contributed by atoms with Crippen LogP contribution >= 0.6 is 0 Å². The van der Waals surface area contributed by atoms with Crippen molar-refractivity contribution in [3.05, 3.63) is 29.8 Å². The first-order valence-electron chi connectivity index (χ1n) is 5.67. The first kappa shape index (κ1) is 13.5. The van der Waals surface area contributed by atoms with Crippen molar-refractivity contribution in [1.82, 2.24) is 0 Å². The molecule has 0 heterocycles. The molecule has 2 N–H and O–H groups in total. The number of benzene rings is 1. The van der Waals surface area contributed by atoms with Crippen LogP contribution in [0.1, 0.15) is 32.4 Å². The predicted molar refractivity (Wildman–Crippen MR) is 65.8 cm³/mol. The van der Waals surface area contributed by atoms with Gasteiger partial charge in [0, 0.05) is 11.6 Å². The highest BCUT2D eigenvalue weighted by molar-refractivity contribution is 5.71. The van der Waals surface area contributed by atoms with Crippen LogP contribution in [0.4, 0.5) is 0 Å². The van der Waals surface area contributed by atoms with E-state index in [4.69, 9.17) is 15.2 Å². The SMILES string of the molecule is CC(C)OC(=O)COc1ccccc1[C@@H](C)N. The van der Waals surface area contributed by atoms with Gasteiger partial charge < -0.3 is 15.2 Å². The molecule has 0 aliphatic heterocycles. The Morgan fingerprint density at radius 1 is 1.29 bits per heavy atom. The van der Waals surface area contributed by atoms with Crippen LogP contribution in [-0.4, -0.2) is 18.7 Å². The van der Waals surface area contributed by atoms with E-state index in [1.807, 2.05) is 25.1 Å². The topological polar surface area (TPSA) is 61.5 Å². The number of carbonyl (C=O) groups excluding carboxylic acids is 1. The van der Waals surface area contributed by atoms with Gasteiger partial charge >= 0.3 is 5.97 Å². The summed E-state index contributed by atoms with van der Waals surface area (Å²) >= 11 is 0. The second kappa shape index (κ2) is 6.25. The number of hydrogen-bond acceptors (Lipinski definition) is 4. The maximum atomic E-state index is 11.3. The van der Waals surface area contributed by atoms with E-state index in [0.29, 0.717) is 5.75 Å². The zero-order valence-electron chi connectivity index (χ0n) is 10.5. The van der Waals surface area contributed by atoms with Crippen molar-refractivity contribution in [2.75, 3.05) is 6.61 Å². The highest BCUT2D eigenvalue weighted by Gasteiger charge is 2.10. The summed E-state index contributed by atoms with van der Waals surface area (Å²) in [6, 6.07) is 7.27. The third-order valence-corrected chi connectivity index (χ3v) is 2.12. The normalized spacial score (nSPS) is 12.3. The quantitative estimate of drug-likeness (QED) is 0.796. The Bertz CT molecular complexity index is 375. The van der Waals surface area contributed by atoms with Crippen LogP contribution in [-0.2, 0) is 9.53 Å². The summed E-state index contributed by atoms with van der Waals surface area (Å²) in [7, 11) is 0. The molecule has 0 spiro atoms. The minimum absolute atomic E-state index is 0.0953. The molecule has 0 saturated carbocycles. The fraction of sp³-hybridized carbons (Fsp3) is 0.462. The van der Waals surface area contributed by atoms with Crippen molar-refractivity contribution in [3.63, 3.8) is 0 Å². The van der Waals surface area contributed by atoms with E-state index >= 15 is 0 Å². The fourth-order valence-electron chi connectivity index (χ4n) is 1.42. The van der Waals surface area contributed by atoms with Gasteiger partial charge in [0.15, 0.2) is 6.61 Å². The summed E-state index contributed by atoms with van der Waals surface area (Å²) in [6.45, 7) is 5.37. The molecule has 1 rings (SSSR count).